The Morgan fingerprint density at radius 1 is 1.44 bits per heavy atom. The van der Waals surface area contributed by atoms with Gasteiger partial charge in [-0.2, -0.15) is 0 Å². The van der Waals surface area contributed by atoms with Crippen molar-refractivity contribution in [2.45, 2.75) is 17.9 Å². The van der Waals surface area contributed by atoms with E-state index in [4.69, 9.17) is 5.11 Å². The number of aliphatic hydroxyl groups excluding tert-OH is 1. The van der Waals surface area contributed by atoms with Gasteiger partial charge in [-0.15, -0.1) is 0 Å². The summed E-state index contributed by atoms with van der Waals surface area (Å²) >= 11 is 0. The van der Waals surface area contributed by atoms with Gasteiger partial charge in [0.05, 0.1) is 17.5 Å². The van der Waals surface area contributed by atoms with Gasteiger partial charge in [0.2, 0.25) is 0 Å². The van der Waals surface area contributed by atoms with Crippen LogP contribution in [0.1, 0.15) is 12.5 Å². The summed E-state index contributed by atoms with van der Waals surface area (Å²) < 4.78 is 25.7. The Morgan fingerprint density at radius 2 is 2.12 bits per heavy atom. The number of aliphatic imine (C=N–C) groups is 1. The Kier molecular flexibility index (Phi) is 2.69. The molecule has 1 aliphatic rings. The van der Waals surface area contributed by atoms with Crippen LogP contribution in [-0.4, -0.2) is 32.0 Å². The molecular formula is C10H12N2O3S. The quantitative estimate of drug-likeness (QED) is 0.770. The van der Waals surface area contributed by atoms with Crippen LogP contribution < -0.4 is 4.72 Å². The number of amidine groups is 1. The number of benzene rings is 1. The molecule has 0 saturated heterocycles. The fourth-order valence-corrected chi connectivity index (χ4v) is 2.73. The van der Waals surface area contributed by atoms with Gasteiger partial charge in [-0.05, 0) is 19.1 Å². The van der Waals surface area contributed by atoms with Gasteiger partial charge < -0.3 is 5.11 Å². The molecular weight excluding hydrogens is 228 g/mol. The SMILES string of the molecule is CC(O)CN=C1NS(=O)(=O)c2ccccc21. The van der Waals surface area contributed by atoms with E-state index in [1.807, 2.05) is 0 Å². The fraction of sp³-hybridized carbons (Fsp3) is 0.300. The Bertz CT molecular complexity index is 535. The molecule has 1 aromatic carbocycles. The maximum atomic E-state index is 11.7. The zero-order valence-corrected chi connectivity index (χ0v) is 9.53. The molecule has 1 atom stereocenters. The van der Waals surface area contributed by atoms with E-state index in [1.54, 1.807) is 25.1 Å². The van der Waals surface area contributed by atoms with Gasteiger partial charge in [-0.3, -0.25) is 9.71 Å². The second-order valence-electron chi connectivity index (χ2n) is 3.64. The first-order valence-corrected chi connectivity index (χ1v) is 6.34. The highest BCUT2D eigenvalue weighted by atomic mass is 32.2. The molecule has 0 aliphatic carbocycles. The first kappa shape index (κ1) is 11.1. The Balaban J connectivity index is 2.45. The van der Waals surface area contributed by atoms with Crippen LogP contribution in [0.5, 0.6) is 0 Å². The van der Waals surface area contributed by atoms with Crippen molar-refractivity contribution >= 4 is 15.9 Å². The van der Waals surface area contributed by atoms with E-state index in [0.717, 1.165) is 0 Å². The minimum atomic E-state index is -3.47. The Labute approximate surface area is 93.9 Å². The molecule has 1 aromatic rings. The molecule has 2 rings (SSSR count). The summed E-state index contributed by atoms with van der Waals surface area (Å²) in [5.41, 5.74) is 0.558. The Hall–Kier alpha value is -1.40. The van der Waals surface area contributed by atoms with Crippen molar-refractivity contribution in [2.24, 2.45) is 4.99 Å². The summed E-state index contributed by atoms with van der Waals surface area (Å²) in [6, 6.07) is 6.63. The summed E-state index contributed by atoms with van der Waals surface area (Å²) in [4.78, 5) is 4.27. The molecule has 0 saturated carbocycles. The first-order valence-electron chi connectivity index (χ1n) is 4.85. The lowest BCUT2D eigenvalue weighted by molar-refractivity contribution is 0.204. The average molecular weight is 240 g/mol. The molecule has 1 unspecified atom stereocenters. The van der Waals surface area contributed by atoms with Crippen LogP contribution in [0, 0.1) is 0 Å². The predicted octanol–water partition coefficient (Wildman–Crippen LogP) is 0.106. The smallest absolute Gasteiger partial charge is 0.263 e. The van der Waals surface area contributed by atoms with Gasteiger partial charge in [-0.25, -0.2) is 8.42 Å². The molecule has 2 N–H and O–H groups in total. The van der Waals surface area contributed by atoms with Crippen molar-refractivity contribution in [3.8, 4) is 0 Å². The first-order chi connectivity index (χ1) is 7.50. The lowest BCUT2D eigenvalue weighted by atomic mass is 10.2. The monoisotopic (exact) mass is 240 g/mol. The lowest BCUT2D eigenvalue weighted by Crippen LogP contribution is -2.23. The molecule has 1 heterocycles. The molecule has 0 amide bonds. The minimum absolute atomic E-state index is 0.173. The van der Waals surface area contributed by atoms with E-state index in [1.165, 1.54) is 6.07 Å². The largest absolute Gasteiger partial charge is 0.391 e. The van der Waals surface area contributed by atoms with Crippen LogP contribution in [0.2, 0.25) is 0 Å². The number of nitrogens with zero attached hydrogens (tertiary/aromatic N) is 1. The predicted molar refractivity (Wildman–Crippen MR) is 59.8 cm³/mol. The zero-order chi connectivity index (χ0) is 11.8. The normalized spacial score (nSPS) is 21.5. The van der Waals surface area contributed by atoms with E-state index >= 15 is 0 Å². The van der Waals surface area contributed by atoms with Crippen LogP contribution in [0.4, 0.5) is 0 Å². The second kappa shape index (κ2) is 3.88. The number of nitrogens with one attached hydrogen (secondary N) is 1. The second-order valence-corrected chi connectivity index (χ2v) is 5.29. The molecule has 0 spiro atoms. The van der Waals surface area contributed by atoms with Crippen LogP contribution in [-0.2, 0) is 10.0 Å². The van der Waals surface area contributed by atoms with E-state index < -0.39 is 16.1 Å². The summed E-state index contributed by atoms with van der Waals surface area (Å²) in [5, 5.41) is 9.11. The van der Waals surface area contributed by atoms with Crippen molar-refractivity contribution < 1.29 is 13.5 Å². The maximum absolute atomic E-state index is 11.7. The molecule has 0 bridgehead atoms. The van der Waals surface area contributed by atoms with Crippen molar-refractivity contribution in [3.63, 3.8) is 0 Å². The molecule has 6 heteroatoms. The molecule has 5 nitrogen and oxygen atoms in total. The Morgan fingerprint density at radius 3 is 2.81 bits per heavy atom. The topological polar surface area (TPSA) is 78.8 Å². The molecule has 0 fully saturated rings. The van der Waals surface area contributed by atoms with Gasteiger partial charge in [0.1, 0.15) is 5.84 Å². The van der Waals surface area contributed by atoms with Crippen LogP contribution in [0.25, 0.3) is 0 Å². The van der Waals surface area contributed by atoms with Crippen LogP contribution >= 0.6 is 0 Å². The number of rotatable bonds is 2. The van der Waals surface area contributed by atoms with Gasteiger partial charge in [0, 0.05) is 5.56 Å². The fourth-order valence-electron chi connectivity index (χ4n) is 1.47. The minimum Gasteiger partial charge on any atom is -0.391 e. The van der Waals surface area contributed by atoms with E-state index in [-0.39, 0.29) is 11.4 Å². The van der Waals surface area contributed by atoms with Gasteiger partial charge >= 0.3 is 0 Å². The summed E-state index contributed by atoms with van der Waals surface area (Å²) in [6.45, 7) is 1.77. The highest BCUT2D eigenvalue weighted by Crippen LogP contribution is 2.21. The standard InChI is InChI=1S/C10H12N2O3S/c1-7(13)6-11-10-8-4-2-3-5-9(8)16(14,15)12-10/h2-5,7,13H,6H2,1H3,(H,11,12). The van der Waals surface area contributed by atoms with E-state index in [2.05, 4.69) is 9.71 Å². The van der Waals surface area contributed by atoms with Crippen molar-refractivity contribution in [1.82, 2.24) is 4.72 Å². The lowest BCUT2D eigenvalue weighted by Gasteiger charge is -2.00. The molecule has 16 heavy (non-hydrogen) atoms. The van der Waals surface area contributed by atoms with Crippen molar-refractivity contribution in [1.29, 1.82) is 0 Å². The highest BCUT2D eigenvalue weighted by Gasteiger charge is 2.29. The molecule has 0 radical (unpaired) electrons. The third-order valence-electron chi connectivity index (χ3n) is 2.18. The van der Waals surface area contributed by atoms with Gasteiger partial charge in [0.15, 0.2) is 0 Å². The third kappa shape index (κ3) is 1.94. The number of aliphatic hydroxyl groups is 1. The molecule has 1 aliphatic heterocycles. The summed E-state index contributed by atoms with van der Waals surface area (Å²) in [6.07, 6.45) is -0.593. The summed E-state index contributed by atoms with van der Waals surface area (Å²) in [5.74, 6) is 0.302. The van der Waals surface area contributed by atoms with E-state index in [0.29, 0.717) is 11.4 Å². The number of sulfonamides is 1. The van der Waals surface area contributed by atoms with Crippen molar-refractivity contribution in [2.75, 3.05) is 6.54 Å². The maximum Gasteiger partial charge on any atom is 0.263 e. The number of hydrogen-bond acceptors (Lipinski definition) is 4. The zero-order valence-electron chi connectivity index (χ0n) is 8.71. The van der Waals surface area contributed by atoms with Crippen molar-refractivity contribution in [3.05, 3.63) is 29.8 Å². The van der Waals surface area contributed by atoms with E-state index in [9.17, 15) is 8.42 Å². The number of fused-ring (bicyclic) bond motifs is 1. The third-order valence-corrected chi connectivity index (χ3v) is 3.57. The average Bonchev–Trinajstić information content (AvgIpc) is 2.49. The van der Waals surface area contributed by atoms with Crippen LogP contribution in [0.3, 0.4) is 0 Å². The molecule has 0 aromatic heterocycles. The molecule has 86 valence electrons. The van der Waals surface area contributed by atoms with Gasteiger partial charge in [-0.1, -0.05) is 12.1 Å². The number of hydrogen-bond donors (Lipinski definition) is 2. The van der Waals surface area contributed by atoms with Gasteiger partial charge in [0.25, 0.3) is 10.0 Å². The van der Waals surface area contributed by atoms with Crippen LogP contribution in [0.15, 0.2) is 34.2 Å². The summed E-state index contributed by atoms with van der Waals surface area (Å²) in [7, 11) is -3.47. The highest BCUT2D eigenvalue weighted by molar-refractivity contribution is 7.90.